The van der Waals surface area contributed by atoms with Crippen LogP contribution in [0.2, 0.25) is 10.0 Å². The van der Waals surface area contributed by atoms with E-state index < -0.39 is 0 Å². The van der Waals surface area contributed by atoms with E-state index in [1.54, 1.807) is 24.3 Å². The molecule has 0 saturated heterocycles. The second-order valence-corrected chi connectivity index (χ2v) is 7.81. The summed E-state index contributed by atoms with van der Waals surface area (Å²) in [5.74, 6) is 1.04. The quantitative estimate of drug-likeness (QED) is 0.295. The van der Waals surface area contributed by atoms with Crippen LogP contribution in [0.5, 0.6) is 11.5 Å². The Morgan fingerprint density at radius 2 is 1.45 bits per heavy atom. The Hall–Kier alpha value is -2.95. The van der Waals surface area contributed by atoms with Gasteiger partial charge in [-0.15, -0.1) is 0 Å². The standard InChI is InChI=1S/C25H20Cl2O4/c26-18-8-6-17(7-9-18)22-16-31-25(28)24(22)21-4-1-2-5-23(21)30-15-3-14-29-20-12-10-19(27)11-13-20/h1-2,4-13H,3,14-16H2. The van der Waals surface area contributed by atoms with Crippen LogP contribution < -0.4 is 9.47 Å². The number of hydrogen-bond acceptors (Lipinski definition) is 4. The molecule has 0 bridgehead atoms. The van der Waals surface area contributed by atoms with Gasteiger partial charge in [-0.25, -0.2) is 4.79 Å². The fraction of sp³-hybridized carbons (Fsp3) is 0.160. The van der Waals surface area contributed by atoms with E-state index in [1.165, 1.54) is 0 Å². The highest BCUT2D eigenvalue weighted by Crippen LogP contribution is 2.37. The van der Waals surface area contributed by atoms with Crippen LogP contribution in [0, 0.1) is 0 Å². The van der Waals surface area contributed by atoms with Crippen molar-refractivity contribution in [3.8, 4) is 11.5 Å². The third-order valence-electron chi connectivity index (χ3n) is 4.83. The summed E-state index contributed by atoms with van der Waals surface area (Å²) in [4.78, 5) is 12.5. The van der Waals surface area contributed by atoms with Crippen molar-refractivity contribution in [3.05, 3.63) is 94.0 Å². The number of hydrogen-bond donors (Lipinski definition) is 0. The van der Waals surface area contributed by atoms with Gasteiger partial charge in [0.25, 0.3) is 0 Å². The summed E-state index contributed by atoms with van der Waals surface area (Å²) in [6, 6.07) is 22.1. The molecule has 0 unspecified atom stereocenters. The van der Waals surface area contributed by atoms with Gasteiger partial charge in [-0.05, 0) is 48.0 Å². The van der Waals surface area contributed by atoms with Crippen LogP contribution in [-0.4, -0.2) is 25.8 Å². The van der Waals surface area contributed by atoms with E-state index in [0.29, 0.717) is 46.6 Å². The first kappa shape index (κ1) is 21.3. The monoisotopic (exact) mass is 454 g/mol. The lowest BCUT2D eigenvalue weighted by molar-refractivity contribution is -0.133. The number of esters is 1. The van der Waals surface area contributed by atoms with Gasteiger partial charge in [0.05, 0.1) is 18.8 Å². The minimum atomic E-state index is -0.355. The van der Waals surface area contributed by atoms with Gasteiger partial charge >= 0.3 is 5.97 Å². The number of ether oxygens (including phenoxy) is 3. The number of rotatable bonds is 8. The van der Waals surface area contributed by atoms with Gasteiger partial charge in [0.2, 0.25) is 0 Å². The minimum Gasteiger partial charge on any atom is -0.493 e. The SMILES string of the molecule is O=C1OCC(c2ccc(Cl)cc2)=C1c1ccccc1OCCCOc1ccc(Cl)cc1. The largest absolute Gasteiger partial charge is 0.493 e. The van der Waals surface area contributed by atoms with E-state index >= 15 is 0 Å². The van der Waals surface area contributed by atoms with Crippen molar-refractivity contribution in [3.63, 3.8) is 0 Å². The van der Waals surface area contributed by atoms with E-state index in [2.05, 4.69) is 0 Å². The zero-order valence-electron chi connectivity index (χ0n) is 16.6. The average molecular weight is 455 g/mol. The lowest BCUT2D eigenvalue weighted by Crippen LogP contribution is -2.07. The molecule has 3 aromatic rings. The summed E-state index contributed by atoms with van der Waals surface area (Å²) in [5.41, 5.74) is 2.96. The fourth-order valence-electron chi connectivity index (χ4n) is 3.32. The first-order valence-electron chi connectivity index (χ1n) is 9.88. The van der Waals surface area contributed by atoms with E-state index in [0.717, 1.165) is 16.9 Å². The van der Waals surface area contributed by atoms with E-state index in [1.807, 2.05) is 48.5 Å². The maximum absolute atomic E-state index is 12.5. The molecule has 1 aliphatic rings. The number of para-hydroxylation sites is 1. The van der Waals surface area contributed by atoms with Crippen LogP contribution in [0.3, 0.4) is 0 Å². The zero-order valence-corrected chi connectivity index (χ0v) is 18.2. The predicted octanol–water partition coefficient (Wildman–Crippen LogP) is 6.31. The lowest BCUT2D eigenvalue weighted by atomic mass is 9.96. The molecule has 0 radical (unpaired) electrons. The van der Waals surface area contributed by atoms with Gasteiger partial charge in [-0.3, -0.25) is 0 Å². The van der Waals surface area contributed by atoms with E-state index in [9.17, 15) is 4.79 Å². The summed E-state index contributed by atoms with van der Waals surface area (Å²) in [5, 5.41) is 1.31. The Balaban J connectivity index is 1.46. The maximum Gasteiger partial charge on any atom is 0.339 e. The average Bonchev–Trinajstić information content (AvgIpc) is 3.17. The van der Waals surface area contributed by atoms with Crippen LogP contribution in [0.4, 0.5) is 0 Å². The van der Waals surface area contributed by atoms with Crippen LogP contribution in [0.1, 0.15) is 17.5 Å². The molecule has 31 heavy (non-hydrogen) atoms. The Bertz CT molecular complexity index is 1090. The van der Waals surface area contributed by atoms with Crippen molar-refractivity contribution >= 4 is 40.3 Å². The molecule has 6 heteroatoms. The highest BCUT2D eigenvalue weighted by atomic mass is 35.5. The topological polar surface area (TPSA) is 44.8 Å². The molecule has 0 fully saturated rings. The van der Waals surface area contributed by atoms with Crippen molar-refractivity contribution in [2.75, 3.05) is 19.8 Å². The molecule has 0 saturated carbocycles. The summed E-state index contributed by atoms with van der Waals surface area (Å²) in [6.45, 7) is 1.17. The molecule has 0 spiro atoms. The second kappa shape index (κ2) is 9.90. The predicted molar refractivity (Wildman–Crippen MR) is 123 cm³/mol. The molecular weight excluding hydrogens is 435 g/mol. The zero-order chi connectivity index (χ0) is 21.6. The van der Waals surface area contributed by atoms with Gasteiger partial charge in [-0.2, -0.15) is 0 Å². The first-order valence-corrected chi connectivity index (χ1v) is 10.6. The molecule has 0 amide bonds. The Morgan fingerprint density at radius 3 is 2.19 bits per heavy atom. The number of carbonyl (C=O) groups is 1. The van der Waals surface area contributed by atoms with Gasteiger partial charge in [0, 0.05) is 27.6 Å². The molecule has 4 nitrogen and oxygen atoms in total. The highest BCUT2D eigenvalue weighted by Gasteiger charge is 2.29. The molecule has 1 aliphatic heterocycles. The minimum absolute atomic E-state index is 0.221. The molecule has 4 rings (SSSR count). The van der Waals surface area contributed by atoms with Crippen LogP contribution >= 0.6 is 23.2 Å². The van der Waals surface area contributed by atoms with Crippen molar-refractivity contribution < 1.29 is 19.0 Å². The first-order chi connectivity index (χ1) is 15.1. The second-order valence-electron chi connectivity index (χ2n) is 6.94. The van der Waals surface area contributed by atoms with Crippen molar-refractivity contribution in [1.29, 1.82) is 0 Å². The number of benzene rings is 3. The van der Waals surface area contributed by atoms with Crippen LogP contribution in [0.15, 0.2) is 72.8 Å². The highest BCUT2D eigenvalue weighted by molar-refractivity contribution is 6.31. The van der Waals surface area contributed by atoms with Crippen LogP contribution in [0.25, 0.3) is 11.1 Å². The fourth-order valence-corrected chi connectivity index (χ4v) is 3.57. The van der Waals surface area contributed by atoms with Crippen molar-refractivity contribution in [2.45, 2.75) is 6.42 Å². The van der Waals surface area contributed by atoms with Gasteiger partial charge in [0.1, 0.15) is 18.1 Å². The summed E-state index contributed by atoms with van der Waals surface area (Å²) in [7, 11) is 0. The summed E-state index contributed by atoms with van der Waals surface area (Å²) in [6.07, 6.45) is 0.685. The molecular formula is C25H20Cl2O4. The summed E-state index contributed by atoms with van der Waals surface area (Å²) < 4.78 is 17.0. The maximum atomic E-state index is 12.5. The van der Waals surface area contributed by atoms with Crippen molar-refractivity contribution in [1.82, 2.24) is 0 Å². The van der Waals surface area contributed by atoms with E-state index in [4.69, 9.17) is 37.4 Å². The van der Waals surface area contributed by atoms with Gasteiger partial charge in [0.15, 0.2) is 0 Å². The van der Waals surface area contributed by atoms with E-state index in [-0.39, 0.29) is 12.6 Å². The van der Waals surface area contributed by atoms with Crippen molar-refractivity contribution in [2.24, 2.45) is 0 Å². The molecule has 3 aromatic carbocycles. The Kier molecular flexibility index (Phi) is 6.80. The molecule has 0 aliphatic carbocycles. The molecule has 158 valence electrons. The molecule has 1 heterocycles. The molecule has 0 N–H and O–H groups in total. The molecule has 0 aromatic heterocycles. The number of halogens is 2. The summed E-state index contributed by atoms with van der Waals surface area (Å²) >= 11 is 11.9. The Morgan fingerprint density at radius 1 is 0.806 bits per heavy atom. The number of cyclic esters (lactones) is 1. The van der Waals surface area contributed by atoms with Gasteiger partial charge < -0.3 is 14.2 Å². The Labute approximate surface area is 191 Å². The third-order valence-corrected chi connectivity index (χ3v) is 5.34. The van der Waals surface area contributed by atoms with Gasteiger partial charge in [-0.1, -0.05) is 53.5 Å². The van der Waals surface area contributed by atoms with Crippen LogP contribution in [-0.2, 0) is 9.53 Å². The lowest BCUT2D eigenvalue weighted by Gasteiger charge is -2.13. The third kappa shape index (κ3) is 5.22. The number of carbonyl (C=O) groups excluding carboxylic acids is 1. The smallest absolute Gasteiger partial charge is 0.339 e. The normalized spacial score (nSPS) is 13.3. The molecule has 0 atom stereocenters.